The van der Waals surface area contributed by atoms with E-state index in [4.69, 9.17) is 16.3 Å². The second kappa shape index (κ2) is 9.06. The van der Waals surface area contributed by atoms with Gasteiger partial charge in [-0.15, -0.1) is 0 Å². The van der Waals surface area contributed by atoms with Crippen molar-refractivity contribution in [2.24, 2.45) is 17.8 Å². The minimum absolute atomic E-state index is 0.0495. The largest absolute Gasteiger partial charge is 0.504 e. The molecular formula is C31H26ClNO6. The Morgan fingerprint density at radius 1 is 1.00 bits per heavy atom. The highest BCUT2D eigenvalue weighted by Gasteiger charge is 2.56. The Balaban J connectivity index is 1.49. The lowest BCUT2D eigenvalue weighted by Gasteiger charge is -2.42. The van der Waals surface area contributed by atoms with Crippen LogP contribution in [0.2, 0.25) is 5.02 Å². The van der Waals surface area contributed by atoms with Gasteiger partial charge in [0.1, 0.15) is 0 Å². The first-order valence-corrected chi connectivity index (χ1v) is 13.2. The van der Waals surface area contributed by atoms with Gasteiger partial charge in [-0.05, 0) is 74.1 Å². The third-order valence-electron chi connectivity index (χ3n) is 8.52. The van der Waals surface area contributed by atoms with Crippen molar-refractivity contribution in [1.29, 1.82) is 0 Å². The summed E-state index contributed by atoms with van der Waals surface area (Å²) in [6.45, 7) is 3.47. The highest BCUT2D eigenvalue weighted by molar-refractivity contribution is 6.32. The molecular weight excluding hydrogens is 518 g/mol. The van der Waals surface area contributed by atoms with E-state index in [0.717, 1.165) is 11.1 Å². The van der Waals surface area contributed by atoms with E-state index in [2.05, 4.69) is 0 Å². The van der Waals surface area contributed by atoms with E-state index in [-0.39, 0.29) is 41.3 Å². The fraction of sp³-hybridized carbons (Fsp3) is 0.290. The summed E-state index contributed by atoms with van der Waals surface area (Å²) in [6, 6.07) is 9.98. The number of benzene rings is 2. The van der Waals surface area contributed by atoms with Crippen LogP contribution >= 0.6 is 11.6 Å². The number of Topliss-reactive ketones (excluding diaryl/α,β-unsaturated/α-hetero) is 1. The van der Waals surface area contributed by atoms with Crippen molar-refractivity contribution >= 4 is 40.7 Å². The number of fused-ring (bicyclic) bond motifs is 3. The number of phenols is 1. The molecule has 198 valence electrons. The maximum absolute atomic E-state index is 13.9. The van der Waals surface area contributed by atoms with Crippen LogP contribution in [0.5, 0.6) is 11.5 Å². The highest BCUT2D eigenvalue weighted by atomic mass is 35.5. The molecule has 0 bridgehead atoms. The summed E-state index contributed by atoms with van der Waals surface area (Å²) in [5.74, 6) is -3.20. The predicted octanol–water partition coefficient (Wildman–Crippen LogP) is 5.00. The number of halogens is 1. The molecule has 0 spiro atoms. The number of ether oxygens (including phenoxy) is 1. The summed E-state index contributed by atoms with van der Waals surface area (Å²) >= 11 is 6.32. The van der Waals surface area contributed by atoms with Crippen molar-refractivity contribution in [1.82, 2.24) is 0 Å². The molecule has 3 aliphatic carbocycles. The molecule has 1 heterocycles. The lowest BCUT2D eigenvalue weighted by atomic mass is 9.59. The fourth-order valence-electron chi connectivity index (χ4n) is 6.59. The lowest BCUT2D eigenvalue weighted by molar-refractivity contribution is -0.123. The van der Waals surface area contributed by atoms with Crippen LogP contribution in [-0.4, -0.2) is 35.6 Å². The number of aryl methyl sites for hydroxylation is 1. The minimum Gasteiger partial charge on any atom is -0.504 e. The van der Waals surface area contributed by atoms with Crippen LogP contribution in [0.4, 0.5) is 5.69 Å². The van der Waals surface area contributed by atoms with Gasteiger partial charge in [-0.1, -0.05) is 35.4 Å². The summed E-state index contributed by atoms with van der Waals surface area (Å²) in [5, 5.41) is 10.7. The topological polar surface area (TPSA) is 101 Å². The average molecular weight is 544 g/mol. The van der Waals surface area contributed by atoms with Crippen LogP contribution in [0.1, 0.15) is 36.8 Å². The van der Waals surface area contributed by atoms with Crippen molar-refractivity contribution in [2.75, 3.05) is 12.0 Å². The third-order valence-corrected chi connectivity index (χ3v) is 8.92. The summed E-state index contributed by atoms with van der Waals surface area (Å²) in [4.78, 5) is 55.5. The van der Waals surface area contributed by atoms with Crippen LogP contribution in [-0.2, 0) is 19.2 Å². The van der Waals surface area contributed by atoms with E-state index < -0.39 is 23.7 Å². The van der Waals surface area contributed by atoms with Gasteiger partial charge < -0.3 is 9.84 Å². The fourth-order valence-corrected chi connectivity index (χ4v) is 6.76. The number of allylic oxidation sites excluding steroid dienone is 6. The molecule has 7 nitrogen and oxygen atoms in total. The SMILES string of the molecule is COc1cc([C@H]2C3=CC[C@@H]4C(=O)N(c5ccc(C)c(Cl)c5)C(=O)[C@@H]4[C@@H]3CC3=C2C(=O)C(C)=CC3=O)ccc1O. The number of carbonyl (C=O) groups is 4. The lowest BCUT2D eigenvalue weighted by Crippen LogP contribution is -2.39. The van der Waals surface area contributed by atoms with E-state index in [0.29, 0.717) is 39.4 Å². The van der Waals surface area contributed by atoms with Crippen LogP contribution in [0, 0.1) is 24.7 Å². The first-order chi connectivity index (χ1) is 18.6. The van der Waals surface area contributed by atoms with Gasteiger partial charge in [0.2, 0.25) is 11.8 Å². The van der Waals surface area contributed by atoms with E-state index >= 15 is 0 Å². The predicted molar refractivity (Wildman–Crippen MR) is 145 cm³/mol. The summed E-state index contributed by atoms with van der Waals surface area (Å²) in [7, 11) is 1.44. The smallest absolute Gasteiger partial charge is 0.238 e. The Morgan fingerprint density at radius 3 is 2.49 bits per heavy atom. The number of hydrogen-bond acceptors (Lipinski definition) is 6. The summed E-state index contributed by atoms with van der Waals surface area (Å²) < 4.78 is 5.33. The zero-order valence-corrected chi connectivity index (χ0v) is 22.4. The molecule has 8 heteroatoms. The normalized spacial score (nSPS) is 26.2. The summed E-state index contributed by atoms with van der Waals surface area (Å²) in [5.41, 5.74) is 3.90. The molecule has 6 rings (SSSR count). The second-order valence-electron chi connectivity index (χ2n) is 10.6. The molecule has 1 fully saturated rings. The van der Waals surface area contributed by atoms with E-state index in [1.165, 1.54) is 24.2 Å². The van der Waals surface area contributed by atoms with Gasteiger partial charge in [0.15, 0.2) is 23.1 Å². The molecule has 1 saturated heterocycles. The van der Waals surface area contributed by atoms with Crippen molar-refractivity contribution in [3.63, 3.8) is 0 Å². The van der Waals surface area contributed by atoms with Gasteiger partial charge in [-0.25, -0.2) is 4.90 Å². The first kappa shape index (κ1) is 25.3. The van der Waals surface area contributed by atoms with E-state index in [1.807, 2.05) is 13.0 Å². The number of carbonyl (C=O) groups excluding carboxylic acids is 4. The molecule has 39 heavy (non-hydrogen) atoms. The molecule has 1 N–H and O–H groups in total. The van der Waals surface area contributed by atoms with Gasteiger partial charge in [-0.2, -0.15) is 0 Å². The molecule has 2 aromatic rings. The summed E-state index contributed by atoms with van der Waals surface area (Å²) in [6.07, 6.45) is 3.85. The van der Waals surface area contributed by atoms with E-state index in [1.54, 1.807) is 37.3 Å². The number of imide groups is 1. The molecule has 0 unspecified atom stereocenters. The first-order valence-electron chi connectivity index (χ1n) is 12.8. The number of phenolic OH excluding ortho intramolecular Hbond substituents is 1. The number of methoxy groups -OCH3 is 1. The number of hydrogen-bond donors (Lipinski definition) is 1. The molecule has 0 aromatic heterocycles. The standard InChI is InChI=1S/C31H26ClNO6/c1-14-4-6-17(12-22(14)32)33-30(37)19-8-7-18-20(27(19)31(33)38)13-21-24(35)10-15(2)29(36)28(21)26(18)16-5-9-23(34)25(11-16)39-3/h4-7,9-12,19-20,26-27,34H,8,13H2,1-3H3/t19-,20+,26-,27-/m0/s1. The molecule has 2 aromatic carbocycles. The Morgan fingerprint density at radius 2 is 1.77 bits per heavy atom. The quantitative estimate of drug-likeness (QED) is 0.332. The second-order valence-corrected chi connectivity index (χ2v) is 11.0. The maximum Gasteiger partial charge on any atom is 0.238 e. The maximum atomic E-state index is 13.9. The Kier molecular flexibility index (Phi) is 5.88. The van der Waals surface area contributed by atoms with Crippen LogP contribution < -0.4 is 9.64 Å². The molecule has 4 aliphatic rings. The van der Waals surface area contributed by atoms with E-state index in [9.17, 15) is 24.3 Å². The van der Waals surface area contributed by atoms with Gasteiger partial charge in [0.05, 0.1) is 24.6 Å². The molecule has 4 atom stereocenters. The number of nitrogens with zero attached hydrogens (tertiary/aromatic N) is 1. The molecule has 2 amide bonds. The highest BCUT2D eigenvalue weighted by Crippen LogP contribution is 2.56. The van der Waals surface area contributed by atoms with Crippen LogP contribution in [0.3, 0.4) is 0 Å². The van der Waals surface area contributed by atoms with Crippen molar-refractivity contribution in [3.8, 4) is 11.5 Å². The number of amides is 2. The van der Waals surface area contributed by atoms with Crippen molar-refractivity contribution < 1.29 is 29.0 Å². The van der Waals surface area contributed by atoms with Gasteiger partial charge in [-0.3, -0.25) is 19.2 Å². The van der Waals surface area contributed by atoms with Crippen LogP contribution in [0.25, 0.3) is 0 Å². The average Bonchev–Trinajstić information content (AvgIpc) is 3.18. The van der Waals surface area contributed by atoms with Gasteiger partial charge in [0.25, 0.3) is 0 Å². The Labute approximate surface area is 230 Å². The Bertz CT molecular complexity index is 1600. The molecule has 1 aliphatic heterocycles. The van der Waals surface area contributed by atoms with Crippen molar-refractivity contribution in [3.05, 3.63) is 87.0 Å². The Hall–Kier alpha value is -3.97. The number of ketones is 2. The zero-order chi connectivity index (χ0) is 27.7. The van der Waals surface area contributed by atoms with Crippen molar-refractivity contribution in [2.45, 2.75) is 32.6 Å². The number of aromatic hydroxyl groups is 1. The zero-order valence-electron chi connectivity index (χ0n) is 21.7. The third kappa shape index (κ3) is 3.71. The monoisotopic (exact) mass is 543 g/mol. The molecule has 0 saturated carbocycles. The van der Waals surface area contributed by atoms with Crippen LogP contribution in [0.15, 0.2) is 70.8 Å². The van der Waals surface area contributed by atoms with Gasteiger partial charge in [0, 0.05) is 27.7 Å². The number of rotatable bonds is 3. The van der Waals surface area contributed by atoms with Gasteiger partial charge >= 0.3 is 0 Å². The minimum atomic E-state index is -0.678. The number of anilines is 1. The molecule has 0 radical (unpaired) electrons.